The fraction of sp³-hybridized carbons (Fsp3) is 0.286. The molecular weight excluding hydrogens is 180 g/mol. The molecule has 4 nitrogen and oxygen atoms in total. The summed E-state index contributed by atoms with van der Waals surface area (Å²) in [7, 11) is 0. The van der Waals surface area contributed by atoms with Crippen molar-refractivity contribution in [3.63, 3.8) is 0 Å². The smallest absolute Gasteiger partial charge is 0.258 e. The molecular formula is C7H7ClN2O2. The number of nitro groups is 1. The van der Waals surface area contributed by atoms with Gasteiger partial charge in [0, 0.05) is 5.69 Å². The van der Waals surface area contributed by atoms with E-state index in [4.69, 9.17) is 11.6 Å². The van der Waals surface area contributed by atoms with Gasteiger partial charge in [0.05, 0.1) is 4.92 Å². The molecule has 0 radical (unpaired) electrons. The van der Waals surface area contributed by atoms with Crippen molar-refractivity contribution >= 4 is 17.3 Å². The van der Waals surface area contributed by atoms with E-state index in [-0.39, 0.29) is 10.7 Å². The van der Waals surface area contributed by atoms with Crippen LogP contribution in [0.25, 0.3) is 0 Å². The fourth-order valence-corrected chi connectivity index (χ4v) is 1.36. The highest BCUT2D eigenvalue weighted by Gasteiger charge is 2.17. The quantitative estimate of drug-likeness (QED) is 0.499. The topological polar surface area (TPSA) is 56.0 Å². The molecule has 0 aliphatic heterocycles. The molecule has 5 heteroatoms. The second-order valence-corrected chi connectivity index (χ2v) is 2.84. The van der Waals surface area contributed by atoms with Crippen LogP contribution in [-0.2, 0) is 0 Å². The summed E-state index contributed by atoms with van der Waals surface area (Å²) < 4.78 is 0. The Morgan fingerprint density at radius 3 is 2.58 bits per heavy atom. The molecule has 1 aromatic heterocycles. The molecule has 0 amide bonds. The Balaban J connectivity index is 3.38. The van der Waals surface area contributed by atoms with Gasteiger partial charge in [0.15, 0.2) is 0 Å². The third-order valence-electron chi connectivity index (χ3n) is 1.43. The molecule has 1 aromatic rings. The maximum Gasteiger partial charge on any atom is 0.308 e. The predicted octanol–water partition coefficient (Wildman–Crippen LogP) is 2.26. The summed E-state index contributed by atoms with van der Waals surface area (Å²) in [6.45, 7) is 3.31. The van der Waals surface area contributed by atoms with Crippen molar-refractivity contribution < 1.29 is 4.92 Å². The molecule has 0 saturated heterocycles. The van der Waals surface area contributed by atoms with Crippen molar-refractivity contribution in [1.82, 2.24) is 4.98 Å². The van der Waals surface area contributed by atoms with Gasteiger partial charge >= 0.3 is 5.69 Å². The zero-order chi connectivity index (χ0) is 9.30. The van der Waals surface area contributed by atoms with Crippen molar-refractivity contribution in [1.29, 1.82) is 0 Å². The van der Waals surface area contributed by atoms with Crippen LogP contribution in [0, 0.1) is 24.0 Å². The van der Waals surface area contributed by atoms with Crippen LogP contribution in [0.2, 0.25) is 5.02 Å². The van der Waals surface area contributed by atoms with Crippen molar-refractivity contribution in [2.75, 3.05) is 0 Å². The van der Waals surface area contributed by atoms with Gasteiger partial charge in [-0.15, -0.1) is 0 Å². The van der Waals surface area contributed by atoms with Crippen LogP contribution in [0.3, 0.4) is 0 Å². The van der Waals surface area contributed by atoms with E-state index >= 15 is 0 Å². The van der Waals surface area contributed by atoms with E-state index in [1.165, 1.54) is 6.07 Å². The van der Waals surface area contributed by atoms with Gasteiger partial charge in [0.1, 0.15) is 10.7 Å². The van der Waals surface area contributed by atoms with Gasteiger partial charge in [-0.25, -0.2) is 0 Å². The first-order valence-electron chi connectivity index (χ1n) is 3.30. The lowest BCUT2D eigenvalue weighted by molar-refractivity contribution is -0.385. The highest BCUT2D eigenvalue weighted by molar-refractivity contribution is 6.32. The number of hydrogen-bond acceptors (Lipinski definition) is 3. The van der Waals surface area contributed by atoms with Gasteiger partial charge in [-0.1, -0.05) is 11.6 Å². The van der Waals surface area contributed by atoms with Gasteiger partial charge in [-0.3, -0.25) is 15.1 Å². The first kappa shape index (κ1) is 8.93. The monoisotopic (exact) mass is 186 g/mol. The van der Waals surface area contributed by atoms with Gasteiger partial charge in [-0.05, 0) is 19.9 Å². The number of aryl methyl sites for hydroxylation is 2. The molecule has 0 aliphatic rings. The summed E-state index contributed by atoms with van der Waals surface area (Å²) in [6.07, 6.45) is 0. The summed E-state index contributed by atoms with van der Waals surface area (Å²) in [5.74, 6) is 0. The predicted molar refractivity (Wildman–Crippen MR) is 45.4 cm³/mol. The van der Waals surface area contributed by atoms with Gasteiger partial charge in [0.2, 0.25) is 0 Å². The van der Waals surface area contributed by atoms with E-state index in [9.17, 15) is 10.1 Å². The molecule has 0 atom stereocenters. The van der Waals surface area contributed by atoms with Crippen LogP contribution in [0.15, 0.2) is 6.07 Å². The Bertz CT molecular complexity index is 315. The summed E-state index contributed by atoms with van der Waals surface area (Å²) in [5, 5.41) is 10.6. The van der Waals surface area contributed by atoms with Crippen molar-refractivity contribution in [3.8, 4) is 0 Å². The summed E-state index contributed by atoms with van der Waals surface area (Å²) in [4.78, 5) is 13.8. The SMILES string of the molecule is Cc1cc(Cl)c([N+](=O)[O-])c(C)n1. The van der Waals surface area contributed by atoms with E-state index in [0.29, 0.717) is 11.4 Å². The van der Waals surface area contributed by atoms with E-state index < -0.39 is 4.92 Å². The van der Waals surface area contributed by atoms with Crippen LogP contribution in [0.4, 0.5) is 5.69 Å². The lowest BCUT2D eigenvalue weighted by Gasteiger charge is -1.99. The minimum atomic E-state index is -0.524. The lowest BCUT2D eigenvalue weighted by atomic mass is 10.3. The lowest BCUT2D eigenvalue weighted by Crippen LogP contribution is -1.96. The molecule has 0 N–H and O–H groups in total. The summed E-state index contributed by atoms with van der Waals surface area (Å²) in [6, 6.07) is 1.48. The maximum absolute atomic E-state index is 10.4. The number of aromatic nitrogens is 1. The zero-order valence-corrected chi connectivity index (χ0v) is 7.42. The Labute approximate surface area is 74.3 Å². The number of hydrogen-bond donors (Lipinski definition) is 0. The molecule has 64 valence electrons. The maximum atomic E-state index is 10.4. The van der Waals surface area contributed by atoms with Crippen LogP contribution in [-0.4, -0.2) is 9.91 Å². The minimum absolute atomic E-state index is 0.109. The fourth-order valence-electron chi connectivity index (χ4n) is 0.994. The first-order valence-corrected chi connectivity index (χ1v) is 3.68. The average Bonchev–Trinajstić information content (AvgIpc) is 1.82. The molecule has 1 heterocycles. The highest BCUT2D eigenvalue weighted by Crippen LogP contribution is 2.26. The molecule has 0 fully saturated rings. The standard InChI is InChI=1S/C7H7ClN2O2/c1-4-3-6(8)7(10(11)12)5(2)9-4/h3H,1-2H3. The van der Waals surface area contributed by atoms with Crippen LogP contribution in [0.5, 0.6) is 0 Å². The van der Waals surface area contributed by atoms with E-state index in [2.05, 4.69) is 4.98 Å². The van der Waals surface area contributed by atoms with Gasteiger partial charge < -0.3 is 0 Å². The molecule has 0 spiro atoms. The third-order valence-corrected chi connectivity index (χ3v) is 1.72. The minimum Gasteiger partial charge on any atom is -0.258 e. The number of rotatable bonds is 1. The summed E-state index contributed by atoms with van der Waals surface area (Å²) in [5.41, 5.74) is 0.926. The normalized spacial score (nSPS) is 9.92. The highest BCUT2D eigenvalue weighted by atomic mass is 35.5. The van der Waals surface area contributed by atoms with Crippen molar-refractivity contribution in [3.05, 3.63) is 32.6 Å². The van der Waals surface area contributed by atoms with Crippen LogP contribution < -0.4 is 0 Å². The second kappa shape index (κ2) is 3.06. The molecule has 0 unspecified atom stereocenters. The van der Waals surface area contributed by atoms with Crippen molar-refractivity contribution in [2.24, 2.45) is 0 Å². The number of halogens is 1. The van der Waals surface area contributed by atoms with E-state index in [1.807, 2.05) is 0 Å². The molecule has 0 bridgehead atoms. The average molecular weight is 187 g/mol. The van der Waals surface area contributed by atoms with Crippen molar-refractivity contribution in [2.45, 2.75) is 13.8 Å². The Morgan fingerprint density at radius 1 is 1.58 bits per heavy atom. The van der Waals surface area contributed by atoms with Crippen LogP contribution in [0.1, 0.15) is 11.4 Å². The molecule has 0 saturated carbocycles. The second-order valence-electron chi connectivity index (χ2n) is 2.44. The van der Waals surface area contributed by atoms with Crippen LogP contribution >= 0.6 is 11.6 Å². The Kier molecular flexibility index (Phi) is 2.28. The van der Waals surface area contributed by atoms with E-state index in [0.717, 1.165) is 0 Å². The molecule has 1 rings (SSSR count). The van der Waals surface area contributed by atoms with E-state index in [1.54, 1.807) is 13.8 Å². The largest absolute Gasteiger partial charge is 0.308 e. The molecule has 0 aromatic carbocycles. The Hall–Kier alpha value is -1.16. The third kappa shape index (κ3) is 1.53. The number of pyridine rings is 1. The molecule has 12 heavy (non-hydrogen) atoms. The summed E-state index contributed by atoms with van der Waals surface area (Å²) >= 11 is 5.65. The molecule has 0 aliphatic carbocycles. The first-order chi connectivity index (χ1) is 5.52. The Morgan fingerprint density at radius 2 is 2.17 bits per heavy atom. The zero-order valence-electron chi connectivity index (χ0n) is 6.67. The van der Waals surface area contributed by atoms with Gasteiger partial charge in [-0.2, -0.15) is 0 Å². The number of nitrogens with zero attached hydrogens (tertiary/aromatic N) is 2. The van der Waals surface area contributed by atoms with Gasteiger partial charge in [0.25, 0.3) is 0 Å².